The number of fused-ring (bicyclic) bond motifs is 1. The number of ether oxygens (including phenoxy) is 2. The Hall–Kier alpha value is -2.48. The lowest BCUT2D eigenvalue weighted by Gasteiger charge is -2.27. The molecule has 1 fully saturated rings. The number of morpholine rings is 1. The maximum atomic E-state index is 13.4. The zero-order valence-corrected chi connectivity index (χ0v) is 21.5. The van der Waals surface area contributed by atoms with Crippen LogP contribution in [0.4, 0.5) is 5.13 Å². The van der Waals surface area contributed by atoms with Crippen LogP contribution in [0.3, 0.4) is 0 Å². The van der Waals surface area contributed by atoms with Crippen molar-refractivity contribution in [3.05, 3.63) is 53.1 Å². The quantitative estimate of drug-likeness (QED) is 0.422. The average Bonchev–Trinajstić information content (AvgIpc) is 3.30. The standard InChI is InChI=1S/C27H35N3O3S/c1-19(2)22-8-10-23(11-9-22)33-18-24(31)30(13-5-12-29-14-16-32-17-15-29)27-28-25-20(3)6-7-21(4)26(25)34-27/h6-11,19H,5,12-18H2,1-4H3. The molecule has 0 saturated carbocycles. The third-order valence-corrected chi connectivity index (χ3v) is 7.55. The Bertz CT molecular complexity index is 1070. The van der Waals surface area contributed by atoms with Gasteiger partial charge in [-0.2, -0.15) is 0 Å². The van der Waals surface area contributed by atoms with Gasteiger partial charge in [0.15, 0.2) is 11.7 Å². The maximum Gasteiger partial charge on any atom is 0.266 e. The first-order chi connectivity index (χ1) is 16.4. The van der Waals surface area contributed by atoms with E-state index in [0.717, 1.165) is 60.2 Å². The molecule has 0 N–H and O–H groups in total. The van der Waals surface area contributed by atoms with E-state index >= 15 is 0 Å². The lowest BCUT2D eigenvalue weighted by Crippen LogP contribution is -2.40. The molecule has 1 aliphatic rings. The molecule has 0 bridgehead atoms. The number of aryl methyl sites for hydroxylation is 2. The number of carbonyl (C=O) groups is 1. The van der Waals surface area contributed by atoms with Crippen LogP contribution < -0.4 is 9.64 Å². The van der Waals surface area contributed by atoms with Gasteiger partial charge in [0.1, 0.15) is 5.75 Å². The van der Waals surface area contributed by atoms with Crippen molar-refractivity contribution in [2.45, 2.75) is 40.0 Å². The van der Waals surface area contributed by atoms with Gasteiger partial charge in [0.05, 0.1) is 23.4 Å². The van der Waals surface area contributed by atoms with Crippen LogP contribution in [-0.2, 0) is 9.53 Å². The number of benzene rings is 2. The number of nitrogens with zero attached hydrogens (tertiary/aromatic N) is 3. The Morgan fingerprint density at radius 2 is 1.82 bits per heavy atom. The monoisotopic (exact) mass is 481 g/mol. The second kappa shape index (κ2) is 11.3. The van der Waals surface area contributed by atoms with Crippen molar-refractivity contribution >= 4 is 32.6 Å². The predicted molar refractivity (Wildman–Crippen MR) is 139 cm³/mol. The molecule has 7 heteroatoms. The highest BCUT2D eigenvalue weighted by Crippen LogP contribution is 2.33. The summed E-state index contributed by atoms with van der Waals surface area (Å²) in [5.41, 5.74) is 4.55. The van der Waals surface area contributed by atoms with Crippen LogP contribution in [0.2, 0.25) is 0 Å². The van der Waals surface area contributed by atoms with E-state index in [1.54, 1.807) is 11.3 Å². The minimum absolute atomic E-state index is 0.00747. The normalized spacial score (nSPS) is 14.6. The highest BCUT2D eigenvalue weighted by atomic mass is 32.1. The van der Waals surface area contributed by atoms with Crippen LogP contribution in [-0.4, -0.2) is 61.8 Å². The average molecular weight is 482 g/mol. The summed E-state index contributed by atoms with van der Waals surface area (Å²) in [6.45, 7) is 13.5. The van der Waals surface area contributed by atoms with Crippen LogP contribution in [0, 0.1) is 13.8 Å². The first kappa shape index (κ1) is 24.6. The lowest BCUT2D eigenvalue weighted by molar-refractivity contribution is -0.120. The number of aromatic nitrogens is 1. The number of hydrogen-bond acceptors (Lipinski definition) is 6. The molecule has 3 aromatic rings. The Morgan fingerprint density at radius 1 is 1.12 bits per heavy atom. The van der Waals surface area contributed by atoms with Gasteiger partial charge in [-0.25, -0.2) is 4.98 Å². The number of hydrogen-bond donors (Lipinski definition) is 0. The minimum atomic E-state index is -0.0655. The molecule has 4 rings (SSSR count). The number of carbonyl (C=O) groups excluding carboxylic acids is 1. The topological polar surface area (TPSA) is 54.9 Å². The molecule has 2 aromatic carbocycles. The van der Waals surface area contributed by atoms with Gasteiger partial charge in [0.2, 0.25) is 0 Å². The van der Waals surface area contributed by atoms with E-state index in [4.69, 9.17) is 14.5 Å². The molecule has 1 saturated heterocycles. The maximum absolute atomic E-state index is 13.4. The molecule has 0 unspecified atom stereocenters. The van der Waals surface area contributed by atoms with E-state index in [1.807, 2.05) is 17.0 Å². The molecule has 1 aliphatic heterocycles. The fraction of sp³-hybridized carbons (Fsp3) is 0.481. The Balaban J connectivity index is 1.48. The largest absolute Gasteiger partial charge is 0.484 e. The Labute approximate surface area is 206 Å². The minimum Gasteiger partial charge on any atom is -0.484 e. The molecule has 182 valence electrons. The van der Waals surface area contributed by atoms with E-state index in [-0.39, 0.29) is 12.5 Å². The Morgan fingerprint density at radius 3 is 2.50 bits per heavy atom. The van der Waals surface area contributed by atoms with Gasteiger partial charge >= 0.3 is 0 Å². The highest BCUT2D eigenvalue weighted by Gasteiger charge is 2.22. The molecule has 34 heavy (non-hydrogen) atoms. The summed E-state index contributed by atoms with van der Waals surface area (Å²) in [5.74, 6) is 1.11. The number of anilines is 1. The molecule has 0 aliphatic carbocycles. The second-order valence-corrected chi connectivity index (χ2v) is 10.2. The zero-order valence-electron chi connectivity index (χ0n) is 20.7. The molecule has 0 spiro atoms. The van der Waals surface area contributed by atoms with Crippen molar-refractivity contribution in [3.63, 3.8) is 0 Å². The van der Waals surface area contributed by atoms with E-state index < -0.39 is 0 Å². The number of rotatable bonds is 9. The van der Waals surface area contributed by atoms with Gasteiger partial charge in [-0.3, -0.25) is 14.6 Å². The van der Waals surface area contributed by atoms with Crippen molar-refractivity contribution in [1.82, 2.24) is 9.88 Å². The van der Waals surface area contributed by atoms with E-state index in [0.29, 0.717) is 18.2 Å². The summed E-state index contributed by atoms with van der Waals surface area (Å²) >= 11 is 1.59. The predicted octanol–water partition coefficient (Wildman–Crippen LogP) is 5.17. The fourth-order valence-electron chi connectivity index (χ4n) is 4.14. The van der Waals surface area contributed by atoms with Crippen molar-refractivity contribution in [2.24, 2.45) is 0 Å². The van der Waals surface area contributed by atoms with Crippen molar-refractivity contribution < 1.29 is 14.3 Å². The van der Waals surface area contributed by atoms with Crippen LogP contribution in [0.1, 0.15) is 42.9 Å². The molecule has 0 radical (unpaired) electrons. The number of thiazole rings is 1. The van der Waals surface area contributed by atoms with Crippen molar-refractivity contribution in [2.75, 3.05) is 50.9 Å². The van der Waals surface area contributed by atoms with E-state index in [2.05, 4.69) is 56.9 Å². The summed E-state index contributed by atoms with van der Waals surface area (Å²) in [6, 6.07) is 12.2. The zero-order chi connectivity index (χ0) is 24.1. The lowest BCUT2D eigenvalue weighted by atomic mass is 10.0. The molecule has 2 heterocycles. The summed E-state index contributed by atoms with van der Waals surface area (Å²) in [7, 11) is 0. The van der Waals surface area contributed by atoms with Crippen LogP contribution in [0.25, 0.3) is 10.2 Å². The fourth-order valence-corrected chi connectivity index (χ4v) is 5.29. The first-order valence-corrected chi connectivity index (χ1v) is 12.9. The second-order valence-electron chi connectivity index (χ2n) is 9.24. The third-order valence-electron chi connectivity index (χ3n) is 6.33. The van der Waals surface area contributed by atoms with Crippen molar-refractivity contribution in [3.8, 4) is 5.75 Å². The first-order valence-electron chi connectivity index (χ1n) is 12.1. The van der Waals surface area contributed by atoms with Gasteiger partial charge < -0.3 is 9.47 Å². The van der Waals surface area contributed by atoms with E-state index in [1.165, 1.54) is 11.1 Å². The molecular weight excluding hydrogens is 446 g/mol. The summed E-state index contributed by atoms with van der Waals surface area (Å²) in [6.07, 6.45) is 0.878. The Kier molecular flexibility index (Phi) is 8.19. The third kappa shape index (κ3) is 5.95. The van der Waals surface area contributed by atoms with Gasteiger partial charge in [-0.05, 0) is 55.0 Å². The molecule has 1 amide bonds. The molecule has 0 atom stereocenters. The molecular formula is C27H35N3O3S. The van der Waals surface area contributed by atoms with Gasteiger partial charge in [-0.1, -0.05) is 49.4 Å². The molecule has 1 aromatic heterocycles. The van der Waals surface area contributed by atoms with E-state index in [9.17, 15) is 4.79 Å². The van der Waals surface area contributed by atoms with Gasteiger partial charge in [-0.15, -0.1) is 0 Å². The van der Waals surface area contributed by atoms with Crippen molar-refractivity contribution in [1.29, 1.82) is 0 Å². The smallest absolute Gasteiger partial charge is 0.266 e. The van der Waals surface area contributed by atoms with Crippen LogP contribution >= 0.6 is 11.3 Å². The van der Waals surface area contributed by atoms with Gasteiger partial charge in [0, 0.05) is 26.2 Å². The van der Waals surface area contributed by atoms with Crippen LogP contribution in [0.15, 0.2) is 36.4 Å². The van der Waals surface area contributed by atoms with Gasteiger partial charge in [0.25, 0.3) is 5.91 Å². The number of amides is 1. The molecule has 6 nitrogen and oxygen atoms in total. The highest BCUT2D eigenvalue weighted by molar-refractivity contribution is 7.22. The SMILES string of the molecule is Cc1ccc(C)c2sc(N(CCCN3CCOCC3)C(=O)COc3ccc(C(C)C)cc3)nc12. The summed E-state index contributed by atoms with van der Waals surface area (Å²) in [5, 5.41) is 0.748. The van der Waals surface area contributed by atoms with Crippen LogP contribution in [0.5, 0.6) is 5.75 Å². The summed E-state index contributed by atoms with van der Waals surface area (Å²) < 4.78 is 12.5. The summed E-state index contributed by atoms with van der Waals surface area (Å²) in [4.78, 5) is 22.4.